The number of rotatable bonds is 4. The minimum absolute atomic E-state index is 0.0895. The monoisotopic (exact) mass is 373 g/mol. The number of aliphatic hydroxyl groups is 1. The summed E-state index contributed by atoms with van der Waals surface area (Å²) in [5.41, 5.74) is 2.41. The van der Waals surface area contributed by atoms with E-state index in [0.717, 1.165) is 11.1 Å². The number of aliphatic hydroxyl groups excluding tert-OH is 1. The van der Waals surface area contributed by atoms with Crippen molar-refractivity contribution in [3.8, 4) is 0 Å². The van der Waals surface area contributed by atoms with E-state index in [1.165, 1.54) is 11.2 Å². The second-order valence-electron chi connectivity index (χ2n) is 6.78. The molecule has 1 amide bonds. The van der Waals surface area contributed by atoms with Gasteiger partial charge < -0.3 is 14.4 Å². The van der Waals surface area contributed by atoms with Gasteiger partial charge in [0, 0.05) is 5.56 Å². The van der Waals surface area contributed by atoms with Gasteiger partial charge in [-0.25, -0.2) is 0 Å². The first-order valence-corrected chi connectivity index (χ1v) is 8.99. The predicted octanol–water partition coefficient (Wildman–Crippen LogP) is 4.21. The Kier molecular flexibility index (Phi) is 4.57. The molecule has 0 saturated carbocycles. The zero-order chi connectivity index (χ0) is 19.7. The molecule has 4 rings (SSSR count). The third kappa shape index (κ3) is 3.11. The van der Waals surface area contributed by atoms with Crippen LogP contribution in [0.1, 0.15) is 28.5 Å². The van der Waals surface area contributed by atoms with Crippen molar-refractivity contribution in [2.24, 2.45) is 0 Å². The molecule has 0 spiro atoms. The number of likely N-dealkylation sites (tertiary alicyclic amines) is 1. The molecule has 140 valence electrons. The molecule has 5 heteroatoms. The Labute approximate surface area is 162 Å². The fourth-order valence-corrected chi connectivity index (χ4v) is 3.46. The molecule has 28 heavy (non-hydrogen) atoms. The van der Waals surface area contributed by atoms with Crippen molar-refractivity contribution in [1.29, 1.82) is 0 Å². The molecule has 1 aliphatic rings. The number of aryl methyl sites for hydroxylation is 1. The quantitative estimate of drug-likeness (QED) is 0.422. The Balaban J connectivity index is 1.86. The van der Waals surface area contributed by atoms with Gasteiger partial charge in [0.2, 0.25) is 0 Å². The summed E-state index contributed by atoms with van der Waals surface area (Å²) in [6.45, 7) is 2.11. The molecule has 1 aliphatic heterocycles. The molecular weight excluding hydrogens is 354 g/mol. The van der Waals surface area contributed by atoms with E-state index in [1.54, 1.807) is 36.4 Å². The standard InChI is InChI=1S/C23H19NO4/c1-15-9-11-16(12-10-15)20-19(21(25)17-6-3-2-4-7-17)22(26)23(27)24(20)14-18-8-5-13-28-18/h2-13,20,25H,14H2,1H3/b21-19+. The Morgan fingerprint density at radius 2 is 1.71 bits per heavy atom. The van der Waals surface area contributed by atoms with Crippen LogP contribution in [0.25, 0.3) is 5.76 Å². The van der Waals surface area contributed by atoms with Gasteiger partial charge in [0.1, 0.15) is 11.5 Å². The number of hydrogen-bond donors (Lipinski definition) is 1. The molecule has 1 saturated heterocycles. The molecule has 1 atom stereocenters. The van der Waals surface area contributed by atoms with Crippen molar-refractivity contribution in [3.63, 3.8) is 0 Å². The zero-order valence-corrected chi connectivity index (χ0v) is 15.3. The molecule has 1 unspecified atom stereocenters. The van der Waals surface area contributed by atoms with Gasteiger partial charge in [0.25, 0.3) is 11.7 Å². The molecule has 0 radical (unpaired) electrons. The minimum atomic E-state index is -0.696. The van der Waals surface area contributed by atoms with Gasteiger partial charge in [-0.1, -0.05) is 60.2 Å². The molecule has 0 aliphatic carbocycles. The van der Waals surface area contributed by atoms with Crippen LogP contribution in [0, 0.1) is 6.92 Å². The van der Waals surface area contributed by atoms with Gasteiger partial charge in [-0.3, -0.25) is 9.59 Å². The SMILES string of the molecule is Cc1ccc(C2/C(=C(\O)c3ccccc3)C(=O)C(=O)N2Cc2ccco2)cc1. The summed E-state index contributed by atoms with van der Waals surface area (Å²) < 4.78 is 5.38. The smallest absolute Gasteiger partial charge is 0.296 e. The normalized spacial score (nSPS) is 18.6. The number of nitrogens with zero attached hydrogens (tertiary/aromatic N) is 1. The van der Waals surface area contributed by atoms with Crippen LogP contribution in [-0.4, -0.2) is 21.7 Å². The predicted molar refractivity (Wildman–Crippen MR) is 104 cm³/mol. The highest BCUT2D eigenvalue weighted by Crippen LogP contribution is 2.40. The first-order chi connectivity index (χ1) is 13.6. The topological polar surface area (TPSA) is 70.8 Å². The minimum Gasteiger partial charge on any atom is -0.507 e. The lowest BCUT2D eigenvalue weighted by molar-refractivity contribution is -0.140. The van der Waals surface area contributed by atoms with E-state index in [9.17, 15) is 14.7 Å². The van der Waals surface area contributed by atoms with Crippen molar-refractivity contribution in [2.75, 3.05) is 0 Å². The van der Waals surface area contributed by atoms with Gasteiger partial charge in [-0.05, 0) is 24.6 Å². The van der Waals surface area contributed by atoms with Gasteiger partial charge >= 0.3 is 0 Å². The number of furan rings is 1. The van der Waals surface area contributed by atoms with Crippen LogP contribution in [0.5, 0.6) is 0 Å². The van der Waals surface area contributed by atoms with Crippen LogP contribution >= 0.6 is 0 Å². The number of hydrogen-bond acceptors (Lipinski definition) is 4. The Morgan fingerprint density at radius 1 is 1.00 bits per heavy atom. The highest BCUT2D eigenvalue weighted by Gasteiger charge is 2.46. The Bertz CT molecular complexity index is 1030. The van der Waals surface area contributed by atoms with Crippen LogP contribution in [0.4, 0.5) is 0 Å². The lowest BCUT2D eigenvalue weighted by Gasteiger charge is -2.24. The highest BCUT2D eigenvalue weighted by molar-refractivity contribution is 6.46. The lowest BCUT2D eigenvalue weighted by atomic mass is 9.95. The molecule has 2 heterocycles. The maximum atomic E-state index is 12.9. The van der Waals surface area contributed by atoms with Crippen LogP contribution in [-0.2, 0) is 16.1 Å². The van der Waals surface area contributed by atoms with Crippen LogP contribution in [0.3, 0.4) is 0 Å². The van der Waals surface area contributed by atoms with E-state index in [4.69, 9.17) is 4.42 Å². The fourth-order valence-electron chi connectivity index (χ4n) is 3.46. The van der Waals surface area contributed by atoms with E-state index < -0.39 is 17.7 Å². The van der Waals surface area contributed by atoms with Gasteiger partial charge in [0.05, 0.1) is 24.4 Å². The van der Waals surface area contributed by atoms with Gasteiger partial charge in [0.15, 0.2) is 0 Å². The first-order valence-electron chi connectivity index (χ1n) is 8.99. The summed E-state index contributed by atoms with van der Waals surface area (Å²) in [5.74, 6) is -0.955. The maximum Gasteiger partial charge on any atom is 0.296 e. The van der Waals surface area contributed by atoms with Crippen molar-refractivity contribution >= 4 is 17.4 Å². The average Bonchev–Trinajstić information content (AvgIpc) is 3.31. The molecule has 1 aromatic heterocycles. The molecule has 5 nitrogen and oxygen atoms in total. The van der Waals surface area contributed by atoms with E-state index in [2.05, 4.69) is 0 Å². The van der Waals surface area contributed by atoms with Crippen molar-refractivity contribution in [1.82, 2.24) is 4.90 Å². The number of carbonyl (C=O) groups is 2. The second-order valence-corrected chi connectivity index (χ2v) is 6.78. The summed E-state index contributed by atoms with van der Waals surface area (Å²) in [5, 5.41) is 10.9. The Morgan fingerprint density at radius 3 is 2.36 bits per heavy atom. The van der Waals surface area contributed by atoms with E-state index >= 15 is 0 Å². The molecule has 0 bridgehead atoms. The third-order valence-corrected chi connectivity index (χ3v) is 4.89. The van der Waals surface area contributed by atoms with Crippen LogP contribution in [0.2, 0.25) is 0 Å². The van der Waals surface area contributed by atoms with E-state index in [1.807, 2.05) is 37.3 Å². The first kappa shape index (κ1) is 17.8. The third-order valence-electron chi connectivity index (χ3n) is 4.89. The van der Waals surface area contributed by atoms with E-state index in [0.29, 0.717) is 11.3 Å². The van der Waals surface area contributed by atoms with Crippen LogP contribution < -0.4 is 0 Å². The lowest BCUT2D eigenvalue weighted by Crippen LogP contribution is -2.29. The van der Waals surface area contributed by atoms with Gasteiger partial charge in [-0.15, -0.1) is 0 Å². The van der Waals surface area contributed by atoms with Gasteiger partial charge in [-0.2, -0.15) is 0 Å². The molecule has 1 N–H and O–H groups in total. The average molecular weight is 373 g/mol. The fraction of sp³-hybridized carbons (Fsp3) is 0.130. The molecule has 2 aromatic carbocycles. The van der Waals surface area contributed by atoms with Crippen molar-refractivity contribution in [2.45, 2.75) is 19.5 Å². The van der Waals surface area contributed by atoms with E-state index in [-0.39, 0.29) is 17.9 Å². The summed E-state index contributed by atoms with van der Waals surface area (Å²) in [6.07, 6.45) is 1.52. The highest BCUT2D eigenvalue weighted by atomic mass is 16.3. The molecule has 3 aromatic rings. The van der Waals surface area contributed by atoms with Crippen LogP contribution in [0.15, 0.2) is 83.0 Å². The number of amides is 1. The van der Waals surface area contributed by atoms with Crippen molar-refractivity contribution in [3.05, 3.63) is 101 Å². The Hall–Kier alpha value is -3.60. The summed E-state index contributed by atoms with van der Waals surface area (Å²) >= 11 is 0. The maximum absolute atomic E-state index is 12.9. The zero-order valence-electron chi connectivity index (χ0n) is 15.3. The number of ketones is 1. The number of benzene rings is 2. The summed E-state index contributed by atoms with van der Waals surface area (Å²) in [7, 11) is 0. The number of carbonyl (C=O) groups excluding carboxylic acids is 2. The largest absolute Gasteiger partial charge is 0.507 e. The van der Waals surface area contributed by atoms with Crippen molar-refractivity contribution < 1.29 is 19.1 Å². The molecular formula is C23H19NO4. The molecule has 1 fully saturated rings. The summed E-state index contributed by atoms with van der Waals surface area (Å²) in [4.78, 5) is 27.1. The second kappa shape index (κ2) is 7.19. The summed E-state index contributed by atoms with van der Waals surface area (Å²) in [6, 6.07) is 19.2. The number of Topliss-reactive ketones (excluding diaryl/α,β-unsaturated/α-hetero) is 1.